The van der Waals surface area contributed by atoms with Crippen LogP contribution >= 0.6 is 22.6 Å². The first kappa shape index (κ1) is 18.1. The molecule has 0 aliphatic carbocycles. The van der Waals surface area contributed by atoms with Crippen molar-refractivity contribution < 1.29 is 13.3 Å². The summed E-state index contributed by atoms with van der Waals surface area (Å²) in [4.78, 5) is 13.4. The van der Waals surface area contributed by atoms with E-state index in [9.17, 15) is 18.5 Å². The number of nitro groups is 1. The highest BCUT2D eigenvalue weighted by molar-refractivity contribution is 14.1. The molecule has 0 spiro atoms. The third-order valence-corrected chi connectivity index (χ3v) is 6.40. The number of hydrogen-bond donors (Lipinski definition) is 0. The molecule has 0 N–H and O–H groups in total. The largest absolute Gasteiger partial charge is 0.296 e. The van der Waals surface area contributed by atoms with Crippen molar-refractivity contribution in [1.82, 2.24) is 0 Å². The SMILES string of the molecule is [C-]#[N+]C(=C(I)c1ccc([N+](=O)[O-])cc1)S(=O)(=O)c1ccc(C)cc1. The minimum Gasteiger partial charge on any atom is -0.258 e. The molecule has 0 aliphatic heterocycles. The average molecular weight is 454 g/mol. The maximum atomic E-state index is 12.7. The summed E-state index contributed by atoms with van der Waals surface area (Å²) in [6.07, 6.45) is 0. The Labute approximate surface area is 152 Å². The summed E-state index contributed by atoms with van der Waals surface area (Å²) in [7, 11) is -3.96. The molecule has 0 amide bonds. The monoisotopic (exact) mass is 454 g/mol. The lowest BCUT2D eigenvalue weighted by atomic mass is 10.2. The predicted molar refractivity (Wildman–Crippen MR) is 99.0 cm³/mol. The van der Waals surface area contributed by atoms with Gasteiger partial charge >= 0.3 is 0 Å². The Balaban J connectivity index is 2.56. The number of non-ortho nitro benzene ring substituents is 1. The molecule has 0 saturated heterocycles. The highest BCUT2D eigenvalue weighted by Crippen LogP contribution is 2.33. The zero-order valence-electron chi connectivity index (χ0n) is 12.4. The van der Waals surface area contributed by atoms with Gasteiger partial charge in [0.1, 0.15) is 0 Å². The smallest absolute Gasteiger partial charge is 0.258 e. The zero-order valence-corrected chi connectivity index (χ0v) is 15.4. The quantitative estimate of drug-likeness (QED) is 0.298. The van der Waals surface area contributed by atoms with Crippen LogP contribution in [-0.4, -0.2) is 13.3 Å². The molecule has 0 fully saturated rings. The van der Waals surface area contributed by atoms with E-state index in [0.29, 0.717) is 5.56 Å². The van der Waals surface area contributed by atoms with E-state index in [1.165, 1.54) is 36.4 Å². The number of benzene rings is 2. The highest BCUT2D eigenvalue weighted by Gasteiger charge is 2.25. The van der Waals surface area contributed by atoms with Crippen LogP contribution < -0.4 is 0 Å². The number of aryl methyl sites for hydroxylation is 1. The van der Waals surface area contributed by atoms with Crippen LogP contribution in [0.2, 0.25) is 0 Å². The predicted octanol–water partition coefficient (Wildman–Crippen LogP) is 4.36. The van der Waals surface area contributed by atoms with E-state index in [2.05, 4.69) is 4.85 Å². The van der Waals surface area contributed by atoms with Gasteiger partial charge in [-0.3, -0.25) is 10.1 Å². The van der Waals surface area contributed by atoms with E-state index in [1.54, 1.807) is 34.7 Å². The molecule has 6 nitrogen and oxygen atoms in total. The summed E-state index contributed by atoms with van der Waals surface area (Å²) >= 11 is 1.77. The number of rotatable bonds is 4. The Kier molecular flexibility index (Phi) is 5.36. The number of nitro benzene ring substituents is 1. The van der Waals surface area contributed by atoms with Gasteiger partial charge in [0.15, 0.2) is 0 Å². The lowest BCUT2D eigenvalue weighted by Gasteiger charge is -2.07. The van der Waals surface area contributed by atoms with E-state index >= 15 is 0 Å². The first-order chi connectivity index (χ1) is 11.3. The zero-order chi connectivity index (χ0) is 17.9. The maximum Gasteiger partial charge on any atom is 0.296 e. The van der Waals surface area contributed by atoms with Crippen LogP contribution in [0.25, 0.3) is 8.42 Å². The molecule has 0 heterocycles. The second-order valence-corrected chi connectivity index (χ2v) is 7.80. The molecule has 0 saturated carbocycles. The van der Waals surface area contributed by atoms with E-state index in [4.69, 9.17) is 6.57 Å². The van der Waals surface area contributed by atoms with Gasteiger partial charge in [-0.2, -0.15) is 0 Å². The molecule has 0 atom stereocenters. The van der Waals surface area contributed by atoms with E-state index in [0.717, 1.165) is 5.56 Å². The molecule has 0 radical (unpaired) electrons. The van der Waals surface area contributed by atoms with Gasteiger partial charge in [0.25, 0.3) is 10.7 Å². The Hall–Kier alpha value is -2.25. The Morgan fingerprint density at radius 1 is 1.12 bits per heavy atom. The summed E-state index contributed by atoms with van der Waals surface area (Å²) in [5.41, 5.74) is 1.24. The normalized spacial score (nSPS) is 12.2. The van der Waals surface area contributed by atoms with E-state index in [1.807, 2.05) is 6.92 Å². The number of halogens is 1. The summed E-state index contributed by atoms with van der Waals surface area (Å²) in [5, 5.41) is 10.3. The van der Waals surface area contributed by atoms with Crippen molar-refractivity contribution in [2.45, 2.75) is 11.8 Å². The molecule has 0 bridgehead atoms. The van der Waals surface area contributed by atoms with Gasteiger partial charge in [-0.25, -0.2) is 13.3 Å². The summed E-state index contributed by atoms with van der Waals surface area (Å²) in [6, 6.07) is 11.6. The molecular formula is C16H11IN2O4S. The Bertz CT molecular complexity index is 957. The Morgan fingerprint density at radius 3 is 2.12 bits per heavy atom. The molecule has 0 unspecified atom stereocenters. The van der Waals surface area contributed by atoms with Gasteiger partial charge in [0.05, 0.1) is 16.4 Å². The second-order valence-electron chi connectivity index (χ2n) is 4.85. The molecular weight excluding hydrogens is 443 g/mol. The highest BCUT2D eigenvalue weighted by atomic mass is 127. The summed E-state index contributed by atoms with van der Waals surface area (Å²) in [6.45, 7) is 9.11. The van der Waals surface area contributed by atoms with Crippen LogP contribution in [-0.2, 0) is 9.84 Å². The standard InChI is InChI=1S/C16H11IN2O4S/c1-11-3-9-14(10-4-11)24(22,23)16(18-2)15(17)12-5-7-13(8-6-12)19(20)21/h3-10H,1H3. The topological polar surface area (TPSA) is 81.6 Å². The van der Waals surface area contributed by atoms with Crippen molar-refractivity contribution in [2.75, 3.05) is 0 Å². The fourth-order valence-corrected chi connectivity index (χ4v) is 4.45. The van der Waals surface area contributed by atoms with Gasteiger partial charge in [-0.1, -0.05) is 40.3 Å². The van der Waals surface area contributed by atoms with Gasteiger partial charge in [0, 0.05) is 15.7 Å². The lowest BCUT2D eigenvalue weighted by molar-refractivity contribution is -0.384. The van der Waals surface area contributed by atoms with Crippen LogP contribution in [0.5, 0.6) is 0 Å². The molecule has 24 heavy (non-hydrogen) atoms. The first-order valence-corrected chi connectivity index (χ1v) is 9.17. The number of sulfone groups is 1. The van der Waals surface area contributed by atoms with Crippen molar-refractivity contribution in [1.29, 1.82) is 0 Å². The molecule has 2 aromatic rings. The van der Waals surface area contributed by atoms with Crippen LogP contribution in [0.1, 0.15) is 11.1 Å². The molecule has 8 heteroatoms. The average Bonchev–Trinajstić information content (AvgIpc) is 2.55. The van der Waals surface area contributed by atoms with Gasteiger partial charge in [-0.05, 0) is 36.8 Å². The molecule has 122 valence electrons. The van der Waals surface area contributed by atoms with Crippen LogP contribution in [0.15, 0.2) is 58.5 Å². The first-order valence-electron chi connectivity index (χ1n) is 6.61. The van der Waals surface area contributed by atoms with Crippen LogP contribution in [0.3, 0.4) is 0 Å². The van der Waals surface area contributed by atoms with Crippen molar-refractivity contribution in [2.24, 2.45) is 0 Å². The minimum absolute atomic E-state index is 0.0372. The second kappa shape index (κ2) is 7.11. The van der Waals surface area contributed by atoms with Gasteiger partial charge in [-0.15, -0.1) is 0 Å². The number of nitrogens with zero attached hydrogens (tertiary/aromatic N) is 2. The van der Waals surface area contributed by atoms with Crippen molar-refractivity contribution >= 4 is 41.7 Å². The van der Waals surface area contributed by atoms with Crippen molar-refractivity contribution in [3.8, 4) is 0 Å². The van der Waals surface area contributed by atoms with E-state index < -0.39 is 19.8 Å². The van der Waals surface area contributed by atoms with Gasteiger partial charge in [0.2, 0.25) is 9.84 Å². The molecule has 0 aromatic heterocycles. The maximum absolute atomic E-state index is 12.7. The third kappa shape index (κ3) is 3.63. The molecule has 2 rings (SSSR count). The number of hydrogen-bond acceptors (Lipinski definition) is 4. The van der Waals surface area contributed by atoms with E-state index in [-0.39, 0.29) is 14.2 Å². The van der Waals surface area contributed by atoms with Crippen molar-refractivity contribution in [3.63, 3.8) is 0 Å². The minimum atomic E-state index is -3.96. The lowest BCUT2D eigenvalue weighted by Crippen LogP contribution is -2.03. The third-order valence-electron chi connectivity index (χ3n) is 3.21. The van der Waals surface area contributed by atoms with Gasteiger partial charge < -0.3 is 0 Å². The molecule has 2 aromatic carbocycles. The molecule has 0 aliphatic rings. The van der Waals surface area contributed by atoms with Crippen LogP contribution in [0.4, 0.5) is 5.69 Å². The summed E-state index contributed by atoms with van der Waals surface area (Å²) < 4.78 is 25.6. The van der Waals surface area contributed by atoms with Crippen LogP contribution in [0, 0.1) is 23.6 Å². The fraction of sp³-hybridized carbons (Fsp3) is 0.0625. The Morgan fingerprint density at radius 2 is 1.67 bits per heavy atom. The van der Waals surface area contributed by atoms with Crippen molar-refractivity contribution in [3.05, 3.63) is 86.2 Å². The summed E-state index contributed by atoms with van der Waals surface area (Å²) in [5.74, 6) is 0. The fourth-order valence-electron chi connectivity index (χ4n) is 1.91.